The molecule has 0 fully saturated rings. The van der Waals surface area contributed by atoms with Crippen LogP contribution in [-0.4, -0.2) is 31.2 Å². The summed E-state index contributed by atoms with van der Waals surface area (Å²) in [4.78, 5) is 10.9. The molecule has 5 nitrogen and oxygen atoms in total. The summed E-state index contributed by atoms with van der Waals surface area (Å²) < 4.78 is 10.8. The van der Waals surface area contributed by atoms with Crippen molar-refractivity contribution in [2.24, 2.45) is 5.73 Å². The summed E-state index contributed by atoms with van der Waals surface area (Å²) in [6.45, 7) is 0.732. The molecule has 0 spiro atoms. The second kappa shape index (κ2) is 4.91. The van der Waals surface area contributed by atoms with Gasteiger partial charge in [0.15, 0.2) is 17.8 Å². The fourth-order valence-corrected chi connectivity index (χ4v) is 1.95. The number of benzene rings is 1. The van der Waals surface area contributed by atoms with Crippen molar-refractivity contribution in [2.45, 2.75) is 6.10 Å². The number of rotatable bonds is 3. The van der Waals surface area contributed by atoms with Crippen molar-refractivity contribution in [1.82, 2.24) is 0 Å². The van der Waals surface area contributed by atoms with Gasteiger partial charge in [-0.3, -0.25) is 4.79 Å². The van der Waals surface area contributed by atoms with Crippen LogP contribution in [0.25, 0.3) is 0 Å². The maximum Gasteiger partial charge on any atom is 0.173 e. The van der Waals surface area contributed by atoms with Crippen LogP contribution in [0.4, 0.5) is 0 Å². The molecule has 1 aliphatic heterocycles. The average Bonchev–Trinajstić information content (AvgIpc) is 2.37. The van der Waals surface area contributed by atoms with E-state index in [9.17, 15) is 9.90 Å². The first kappa shape index (κ1) is 12.2. The number of aldehydes is 1. The number of hydrogen-bond donors (Lipinski definition) is 2. The molecule has 1 unspecified atom stereocenters. The van der Waals surface area contributed by atoms with Gasteiger partial charge in [0.25, 0.3) is 0 Å². The molecule has 0 saturated carbocycles. The Labute approximate surface area is 103 Å². The zero-order chi connectivity index (χ0) is 12.4. The van der Waals surface area contributed by atoms with Gasteiger partial charge in [0.2, 0.25) is 0 Å². The van der Waals surface area contributed by atoms with E-state index in [1.54, 1.807) is 0 Å². The van der Waals surface area contributed by atoms with E-state index in [0.717, 1.165) is 0 Å². The molecule has 0 radical (unpaired) electrons. The summed E-state index contributed by atoms with van der Waals surface area (Å²) in [5.41, 5.74) is 6.07. The van der Waals surface area contributed by atoms with Gasteiger partial charge in [-0.1, -0.05) is 11.6 Å². The monoisotopic (exact) mass is 257 g/mol. The fourth-order valence-electron chi connectivity index (χ4n) is 1.71. The first-order valence-electron chi connectivity index (χ1n) is 5.14. The van der Waals surface area contributed by atoms with Gasteiger partial charge in [-0.15, -0.1) is 0 Å². The number of carbonyl (C=O) groups excluding carboxylic acids is 1. The van der Waals surface area contributed by atoms with Crippen LogP contribution in [0.2, 0.25) is 5.02 Å². The Kier molecular flexibility index (Phi) is 3.51. The number of hydrogen-bond acceptors (Lipinski definition) is 5. The van der Waals surface area contributed by atoms with Crippen molar-refractivity contribution >= 4 is 17.9 Å². The van der Waals surface area contributed by atoms with E-state index in [1.807, 2.05) is 0 Å². The van der Waals surface area contributed by atoms with Gasteiger partial charge >= 0.3 is 0 Å². The third-order valence-electron chi connectivity index (χ3n) is 2.53. The molecule has 0 saturated heterocycles. The molecule has 0 aliphatic carbocycles. The van der Waals surface area contributed by atoms with E-state index < -0.39 is 6.10 Å². The minimum Gasteiger partial charge on any atom is -0.486 e. The number of aliphatic hydroxyl groups is 1. The zero-order valence-corrected chi connectivity index (χ0v) is 9.74. The molecule has 3 N–H and O–H groups in total. The number of aliphatic hydroxyl groups excluding tert-OH is 1. The number of fused-ring (bicyclic) bond motifs is 1. The van der Waals surface area contributed by atoms with Gasteiger partial charge in [0.1, 0.15) is 13.2 Å². The molecule has 1 aromatic carbocycles. The number of carbonyl (C=O) groups is 1. The predicted octanol–water partition coefficient (Wildman–Crippen LogP) is 0.916. The van der Waals surface area contributed by atoms with Crippen LogP contribution in [0.5, 0.6) is 11.5 Å². The molecule has 1 atom stereocenters. The maximum atomic E-state index is 10.9. The van der Waals surface area contributed by atoms with Gasteiger partial charge in [-0.2, -0.15) is 0 Å². The van der Waals surface area contributed by atoms with Crippen molar-refractivity contribution in [1.29, 1.82) is 0 Å². The smallest absolute Gasteiger partial charge is 0.173 e. The Balaban J connectivity index is 2.62. The highest BCUT2D eigenvalue weighted by atomic mass is 35.5. The Bertz CT molecular complexity index is 450. The van der Waals surface area contributed by atoms with Crippen molar-refractivity contribution < 1.29 is 19.4 Å². The number of ether oxygens (including phenoxy) is 2. The molecule has 2 rings (SSSR count). The maximum absolute atomic E-state index is 10.9. The van der Waals surface area contributed by atoms with Crippen LogP contribution in [-0.2, 0) is 0 Å². The van der Waals surface area contributed by atoms with Crippen LogP contribution in [0.1, 0.15) is 22.0 Å². The summed E-state index contributed by atoms with van der Waals surface area (Å²) in [5, 5.41) is 9.98. The Morgan fingerprint density at radius 1 is 1.47 bits per heavy atom. The fraction of sp³-hybridized carbons (Fsp3) is 0.364. The Morgan fingerprint density at radius 3 is 2.71 bits per heavy atom. The molecule has 1 aromatic rings. The van der Waals surface area contributed by atoms with Crippen LogP contribution < -0.4 is 15.2 Å². The van der Waals surface area contributed by atoms with E-state index in [2.05, 4.69) is 0 Å². The molecule has 1 aliphatic rings. The highest BCUT2D eigenvalue weighted by molar-refractivity contribution is 6.33. The van der Waals surface area contributed by atoms with Crippen molar-refractivity contribution in [3.8, 4) is 11.5 Å². The van der Waals surface area contributed by atoms with E-state index in [0.29, 0.717) is 30.8 Å². The van der Waals surface area contributed by atoms with Crippen LogP contribution in [0.15, 0.2) is 6.07 Å². The van der Waals surface area contributed by atoms with Crippen molar-refractivity contribution in [2.75, 3.05) is 19.8 Å². The first-order valence-corrected chi connectivity index (χ1v) is 5.52. The van der Waals surface area contributed by atoms with Gasteiger partial charge in [-0.25, -0.2) is 0 Å². The average molecular weight is 258 g/mol. The highest BCUT2D eigenvalue weighted by Crippen LogP contribution is 2.42. The normalized spacial score (nSPS) is 15.5. The lowest BCUT2D eigenvalue weighted by Gasteiger charge is -2.24. The predicted molar refractivity (Wildman–Crippen MR) is 61.8 cm³/mol. The molecule has 0 amide bonds. The second-order valence-corrected chi connectivity index (χ2v) is 3.99. The van der Waals surface area contributed by atoms with E-state index in [1.165, 1.54) is 6.07 Å². The molecule has 1 heterocycles. The summed E-state index contributed by atoms with van der Waals surface area (Å²) in [7, 11) is 0. The lowest BCUT2D eigenvalue weighted by molar-refractivity contribution is 0.110. The lowest BCUT2D eigenvalue weighted by Crippen LogP contribution is -2.20. The molecule has 6 heteroatoms. The standard InChI is InChI=1S/C11H12ClNO4/c12-8-3-6(9(15)4-13)10-11(7(8)5-14)17-2-1-16-10/h3,5,9,15H,1-2,4,13H2. The molecular weight excluding hydrogens is 246 g/mol. The summed E-state index contributed by atoms with van der Waals surface area (Å²) in [6.07, 6.45) is -0.294. The third kappa shape index (κ3) is 2.09. The lowest BCUT2D eigenvalue weighted by atomic mass is 10.0. The molecule has 92 valence electrons. The van der Waals surface area contributed by atoms with Gasteiger partial charge in [0, 0.05) is 12.1 Å². The van der Waals surface area contributed by atoms with Gasteiger partial charge < -0.3 is 20.3 Å². The van der Waals surface area contributed by atoms with E-state index >= 15 is 0 Å². The minimum absolute atomic E-state index is 0.0343. The molecule has 0 bridgehead atoms. The molecule has 17 heavy (non-hydrogen) atoms. The molecule has 0 aromatic heterocycles. The quantitative estimate of drug-likeness (QED) is 0.787. The van der Waals surface area contributed by atoms with Crippen molar-refractivity contribution in [3.05, 3.63) is 22.2 Å². The minimum atomic E-state index is -0.899. The SMILES string of the molecule is NCC(O)c1cc(Cl)c(C=O)c2c1OCCO2. The number of halogens is 1. The summed E-state index contributed by atoms with van der Waals surface area (Å²) in [6, 6.07) is 1.48. The molecular formula is C11H12ClNO4. The summed E-state index contributed by atoms with van der Waals surface area (Å²) >= 11 is 5.95. The van der Waals surface area contributed by atoms with Crippen LogP contribution >= 0.6 is 11.6 Å². The number of nitrogens with two attached hydrogens (primary N) is 1. The summed E-state index contributed by atoms with van der Waals surface area (Å²) in [5.74, 6) is 0.627. The highest BCUT2D eigenvalue weighted by Gasteiger charge is 2.25. The Morgan fingerprint density at radius 2 is 2.12 bits per heavy atom. The zero-order valence-electron chi connectivity index (χ0n) is 8.98. The van der Waals surface area contributed by atoms with Crippen molar-refractivity contribution in [3.63, 3.8) is 0 Å². The first-order chi connectivity index (χ1) is 8.19. The Hall–Kier alpha value is -1.30. The largest absolute Gasteiger partial charge is 0.486 e. The van der Waals surface area contributed by atoms with Gasteiger partial charge in [0.05, 0.1) is 16.7 Å². The topological polar surface area (TPSA) is 81.8 Å². The van der Waals surface area contributed by atoms with E-state index in [-0.39, 0.29) is 22.9 Å². The van der Waals surface area contributed by atoms with E-state index in [4.69, 9.17) is 26.8 Å². The third-order valence-corrected chi connectivity index (χ3v) is 2.84. The van der Waals surface area contributed by atoms with Gasteiger partial charge in [-0.05, 0) is 6.07 Å². The second-order valence-electron chi connectivity index (χ2n) is 3.59. The van der Waals surface area contributed by atoms with Crippen LogP contribution in [0.3, 0.4) is 0 Å². The van der Waals surface area contributed by atoms with Crippen LogP contribution in [0, 0.1) is 0 Å².